The van der Waals surface area contributed by atoms with Gasteiger partial charge in [0.05, 0.1) is 5.56 Å². The molecular weight excluding hydrogens is 280 g/mol. The van der Waals surface area contributed by atoms with E-state index in [0.717, 1.165) is 18.9 Å². The molecule has 0 unspecified atom stereocenters. The fraction of sp³-hybridized carbons (Fsp3) is 0.294. The van der Waals surface area contributed by atoms with E-state index in [4.69, 9.17) is 0 Å². The molecule has 1 fully saturated rings. The number of hydrogen-bond donors (Lipinski definition) is 0. The SMILES string of the molecule is Fc1ccc(-c2cc(CC3CC3)cc(C(F)(F)F)c2)cc1. The molecule has 0 aliphatic heterocycles. The summed E-state index contributed by atoms with van der Waals surface area (Å²) in [4.78, 5) is 0. The highest BCUT2D eigenvalue weighted by Crippen LogP contribution is 2.37. The topological polar surface area (TPSA) is 0 Å². The number of hydrogen-bond acceptors (Lipinski definition) is 0. The van der Waals surface area contributed by atoms with Gasteiger partial charge >= 0.3 is 6.18 Å². The summed E-state index contributed by atoms with van der Waals surface area (Å²) in [6, 6.07) is 9.67. The van der Waals surface area contributed by atoms with Crippen molar-refractivity contribution >= 4 is 0 Å². The number of halogens is 4. The van der Waals surface area contributed by atoms with Crippen LogP contribution in [-0.4, -0.2) is 0 Å². The van der Waals surface area contributed by atoms with Gasteiger partial charge in [-0.2, -0.15) is 13.2 Å². The second kappa shape index (κ2) is 5.17. The quantitative estimate of drug-likeness (QED) is 0.659. The lowest BCUT2D eigenvalue weighted by atomic mass is 9.97. The van der Waals surface area contributed by atoms with E-state index in [2.05, 4.69) is 0 Å². The van der Waals surface area contributed by atoms with Crippen molar-refractivity contribution < 1.29 is 17.6 Å². The van der Waals surface area contributed by atoms with Crippen LogP contribution in [0.25, 0.3) is 11.1 Å². The number of alkyl halides is 3. The molecule has 0 nitrogen and oxygen atoms in total. The van der Waals surface area contributed by atoms with Gasteiger partial charge in [0.2, 0.25) is 0 Å². The predicted molar refractivity (Wildman–Crippen MR) is 73.3 cm³/mol. The van der Waals surface area contributed by atoms with Gasteiger partial charge in [0.1, 0.15) is 5.82 Å². The third-order valence-corrected chi connectivity index (χ3v) is 3.72. The van der Waals surface area contributed by atoms with Gasteiger partial charge < -0.3 is 0 Å². The Morgan fingerprint density at radius 2 is 1.57 bits per heavy atom. The van der Waals surface area contributed by atoms with E-state index in [-0.39, 0.29) is 0 Å². The van der Waals surface area contributed by atoms with Crippen molar-refractivity contribution in [3.63, 3.8) is 0 Å². The zero-order chi connectivity index (χ0) is 15.0. The molecule has 4 heteroatoms. The van der Waals surface area contributed by atoms with E-state index < -0.39 is 17.6 Å². The molecule has 1 aliphatic carbocycles. The van der Waals surface area contributed by atoms with Crippen LogP contribution in [0.5, 0.6) is 0 Å². The van der Waals surface area contributed by atoms with Crippen LogP contribution in [0.15, 0.2) is 42.5 Å². The lowest BCUT2D eigenvalue weighted by Crippen LogP contribution is -2.06. The molecule has 0 saturated heterocycles. The second-order valence-electron chi connectivity index (χ2n) is 5.57. The van der Waals surface area contributed by atoms with Crippen LogP contribution in [0.4, 0.5) is 17.6 Å². The van der Waals surface area contributed by atoms with E-state index in [1.54, 1.807) is 6.07 Å². The van der Waals surface area contributed by atoms with Crippen molar-refractivity contribution in [2.45, 2.75) is 25.4 Å². The summed E-state index contributed by atoms with van der Waals surface area (Å²) >= 11 is 0. The second-order valence-corrected chi connectivity index (χ2v) is 5.57. The zero-order valence-electron chi connectivity index (χ0n) is 11.3. The molecule has 0 atom stereocenters. The van der Waals surface area contributed by atoms with Gasteiger partial charge in [-0.05, 0) is 66.1 Å². The number of rotatable bonds is 3. The van der Waals surface area contributed by atoms with Crippen LogP contribution < -0.4 is 0 Å². The molecule has 0 heterocycles. The van der Waals surface area contributed by atoms with E-state index >= 15 is 0 Å². The fourth-order valence-electron chi connectivity index (χ4n) is 2.44. The standard InChI is InChI=1S/C17H14F4/c18-16-5-3-13(4-6-16)14-8-12(7-11-1-2-11)9-15(10-14)17(19,20)21/h3-6,8-11H,1-2,7H2. The molecule has 0 amide bonds. The highest BCUT2D eigenvalue weighted by molar-refractivity contribution is 5.65. The van der Waals surface area contributed by atoms with Crippen molar-refractivity contribution in [1.29, 1.82) is 0 Å². The van der Waals surface area contributed by atoms with E-state index in [1.165, 1.54) is 30.3 Å². The van der Waals surface area contributed by atoms with Crippen LogP contribution in [0, 0.1) is 11.7 Å². The first-order valence-corrected chi connectivity index (χ1v) is 6.89. The van der Waals surface area contributed by atoms with E-state index in [1.807, 2.05) is 0 Å². The molecule has 2 aromatic rings. The maximum Gasteiger partial charge on any atom is 0.416 e. The smallest absolute Gasteiger partial charge is 0.207 e. The zero-order valence-corrected chi connectivity index (χ0v) is 11.3. The summed E-state index contributed by atoms with van der Waals surface area (Å²) in [5, 5.41) is 0. The first-order valence-electron chi connectivity index (χ1n) is 6.89. The Kier molecular flexibility index (Phi) is 3.47. The number of benzene rings is 2. The molecule has 0 aromatic heterocycles. The summed E-state index contributed by atoms with van der Waals surface area (Å²) in [6.07, 6.45) is -1.52. The van der Waals surface area contributed by atoms with Gasteiger partial charge in [-0.1, -0.05) is 18.2 Å². The molecule has 3 rings (SSSR count). The Balaban J connectivity index is 2.03. The molecule has 0 bridgehead atoms. The summed E-state index contributed by atoms with van der Waals surface area (Å²) < 4.78 is 52.0. The van der Waals surface area contributed by atoms with Crippen LogP contribution in [-0.2, 0) is 12.6 Å². The van der Waals surface area contributed by atoms with Crippen molar-refractivity contribution in [3.8, 4) is 11.1 Å². The molecule has 1 aliphatic rings. The predicted octanol–water partition coefficient (Wildman–Crippen LogP) is 5.46. The minimum atomic E-state index is -4.37. The van der Waals surface area contributed by atoms with Gasteiger partial charge in [-0.15, -0.1) is 0 Å². The minimum Gasteiger partial charge on any atom is -0.207 e. The summed E-state index contributed by atoms with van der Waals surface area (Å²) in [6.45, 7) is 0. The molecular formula is C17H14F4. The van der Waals surface area contributed by atoms with Crippen molar-refractivity contribution in [2.75, 3.05) is 0 Å². The maximum absolute atomic E-state index is 13.0. The van der Waals surface area contributed by atoms with Crippen LogP contribution in [0.3, 0.4) is 0 Å². The third kappa shape index (κ3) is 3.43. The molecule has 21 heavy (non-hydrogen) atoms. The third-order valence-electron chi connectivity index (χ3n) is 3.72. The largest absolute Gasteiger partial charge is 0.416 e. The van der Waals surface area contributed by atoms with Gasteiger partial charge in [-0.3, -0.25) is 0 Å². The van der Waals surface area contributed by atoms with Crippen LogP contribution >= 0.6 is 0 Å². The van der Waals surface area contributed by atoms with E-state index in [9.17, 15) is 17.6 Å². The van der Waals surface area contributed by atoms with Gasteiger partial charge in [0.15, 0.2) is 0 Å². The molecule has 2 aromatic carbocycles. The monoisotopic (exact) mass is 294 g/mol. The maximum atomic E-state index is 13.0. The molecule has 1 saturated carbocycles. The summed E-state index contributed by atoms with van der Waals surface area (Å²) in [7, 11) is 0. The van der Waals surface area contributed by atoms with Crippen molar-refractivity contribution in [2.24, 2.45) is 5.92 Å². The average Bonchev–Trinajstić information content (AvgIpc) is 3.22. The van der Waals surface area contributed by atoms with Crippen LogP contribution in [0.2, 0.25) is 0 Å². The van der Waals surface area contributed by atoms with E-state index in [0.29, 0.717) is 29.0 Å². The Hall–Kier alpha value is -1.84. The van der Waals surface area contributed by atoms with Crippen molar-refractivity contribution in [3.05, 3.63) is 59.4 Å². The normalized spacial score (nSPS) is 15.2. The minimum absolute atomic E-state index is 0.399. The first kappa shape index (κ1) is 14.1. The highest BCUT2D eigenvalue weighted by atomic mass is 19.4. The molecule has 110 valence electrons. The average molecular weight is 294 g/mol. The van der Waals surface area contributed by atoms with Crippen LogP contribution in [0.1, 0.15) is 24.0 Å². The Labute approximate surface area is 120 Å². The highest BCUT2D eigenvalue weighted by Gasteiger charge is 2.32. The summed E-state index contributed by atoms with van der Waals surface area (Å²) in [5.74, 6) is 0.110. The molecule has 0 spiro atoms. The fourth-order valence-corrected chi connectivity index (χ4v) is 2.44. The summed E-state index contributed by atoms with van der Waals surface area (Å²) in [5.41, 5.74) is 1.15. The van der Waals surface area contributed by atoms with Crippen molar-refractivity contribution in [1.82, 2.24) is 0 Å². The van der Waals surface area contributed by atoms with Gasteiger partial charge in [0, 0.05) is 0 Å². The lowest BCUT2D eigenvalue weighted by molar-refractivity contribution is -0.137. The molecule has 0 radical (unpaired) electrons. The van der Waals surface area contributed by atoms with Gasteiger partial charge in [-0.25, -0.2) is 4.39 Å². The lowest BCUT2D eigenvalue weighted by Gasteiger charge is -2.12. The first-order chi connectivity index (χ1) is 9.91. The molecule has 0 N–H and O–H groups in total. The Morgan fingerprint density at radius 3 is 2.14 bits per heavy atom. The Bertz CT molecular complexity index is 637. The van der Waals surface area contributed by atoms with Gasteiger partial charge in [0.25, 0.3) is 0 Å². The Morgan fingerprint density at radius 1 is 0.905 bits per heavy atom.